The van der Waals surface area contributed by atoms with Crippen molar-refractivity contribution in [1.29, 1.82) is 0 Å². The van der Waals surface area contributed by atoms with Crippen LogP contribution in [0.5, 0.6) is 5.75 Å². The van der Waals surface area contributed by atoms with E-state index in [9.17, 15) is 9.59 Å². The van der Waals surface area contributed by atoms with Gasteiger partial charge < -0.3 is 14.8 Å². The van der Waals surface area contributed by atoms with Crippen molar-refractivity contribution in [2.45, 2.75) is 13.0 Å². The largest absolute Gasteiger partial charge is 0.488 e. The molecule has 2 aromatic carbocycles. The van der Waals surface area contributed by atoms with Crippen LogP contribution in [0.3, 0.4) is 0 Å². The van der Waals surface area contributed by atoms with E-state index in [0.29, 0.717) is 17.9 Å². The van der Waals surface area contributed by atoms with Gasteiger partial charge in [0.05, 0.1) is 19.1 Å². The van der Waals surface area contributed by atoms with E-state index in [-0.39, 0.29) is 24.8 Å². The first-order valence-electron chi connectivity index (χ1n) is 7.41. The molecule has 0 atom stereocenters. The summed E-state index contributed by atoms with van der Waals surface area (Å²) in [5.41, 5.74) is 1.42. The number of carbonyl (C=O) groups is 2. The fourth-order valence-electron chi connectivity index (χ4n) is 2.04. The topological polar surface area (TPSA) is 64.6 Å². The zero-order valence-electron chi connectivity index (χ0n) is 13.3. The van der Waals surface area contributed by atoms with Gasteiger partial charge in [0.2, 0.25) is 0 Å². The molecule has 126 valence electrons. The van der Waals surface area contributed by atoms with Gasteiger partial charge in [-0.3, -0.25) is 9.59 Å². The van der Waals surface area contributed by atoms with Gasteiger partial charge in [-0.05, 0) is 29.8 Å². The number of carbonyl (C=O) groups excluding carboxylic acids is 2. The second kappa shape index (κ2) is 9.08. The summed E-state index contributed by atoms with van der Waals surface area (Å²) in [5, 5.41) is 2.68. The van der Waals surface area contributed by atoms with Gasteiger partial charge in [-0.25, -0.2) is 0 Å². The molecular formula is C18H18BrNO4. The molecule has 6 heteroatoms. The molecule has 0 aliphatic carbocycles. The van der Waals surface area contributed by atoms with E-state index in [1.165, 1.54) is 7.11 Å². The first-order valence-corrected chi connectivity index (χ1v) is 8.20. The molecule has 0 heterocycles. The molecule has 2 aromatic rings. The van der Waals surface area contributed by atoms with Crippen LogP contribution in [0.2, 0.25) is 0 Å². The molecule has 0 bridgehead atoms. The van der Waals surface area contributed by atoms with E-state index in [4.69, 9.17) is 4.74 Å². The standard InChI is InChI=1S/C18H18BrNO4/c1-23-17(21)9-10-20-18(22)15-7-2-3-8-16(15)24-12-13-5-4-6-14(19)11-13/h2-8,11H,9-10,12H2,1H3,(H,20,22). The van der Waals surface area contributed by atoms with E-state index in [2.05, 4.69) is 26.0 Å². The molecule has 0 unspecified atom stereocenters. The number of rotatable bonds is 7. The molecule has 24 heavy (non-hydrogen) atoms. The second-order valence-electron chi connectivity index (χ2n) is 5.00. The van der Waals surface area contributed by atoms with Crippen LogP contribution in [-0.2, 0) is 16.1 Å². The second-order valence-corrected chi connectivity index (χ2v) is 5.91. The fraction of sp³-hybridized carbons (Fsp3) is 0.222. The van der Waals surface area contributed by atoms with Crippen LogP contribution in [-0.4, -0.2) is 25.5 Å². The Labute approximate surface area is 149 Å². The summed E-state index contributed by atoms with van der Waals surface area (Å²) < 4.78 is 11.3. The van der Waals surface area contributed by atoms with Crippen LogP contribution in [0, 0.1) is 0 Å². The Hall–Kier alpha value is -2.34. The van der Waals surface area contributed by atoms with E-state index < -0.39 is 0 Å². The molecule has 0 saturated heterocycles. The Kier molecular flexibility index (Phi) is 6.81. The van der Waals surface area contributed by atoms with Crippen LogP contribution >= 0.6 is 15.9 Å². The molecule has 0 spiro atoms. The number of para-hydroxylation sites is 1. The van der Waals surface area contributed by atoms with Gasteiger partial charge in [-0.2, -0.15) is 0 Å². The highest BCUT2D eigenvalue weighted by Crippen LogP contribution is 2.20. The zero-order chi connectivity index (χ0) is 17.4. The van der Waals surface area contributed by atoms with Crippen molar-refractivity contribution in [3.63, 3.8) is 0 Å². The molecular weight excluding hydrogens is 374 g/mol. The van der Waals surface area contributed by atoms with Gasteiger partial charge in [0.15, 0.2) is 0 Å². The Balaban J connectivity index is 1.98. The maximum atomic E-state index is 12.3. The van der Waals surface area contributed by atoms with Crippen molar-refractivity contribution in [3.8, 4) is 5.75 Å². The van der Waals surface area contributed by atoms with Crippen molar-refractivity contribution >= 4 is 27.8 Å². The van der Waals surface area contributed by atoms with Gasteiger partial charge in [-0.1, -0.05) is 40.2 Å². The first-order chi connectivity index (χ1) is 11.6. The predicted octanol–water partition coefficient (Wildman–Crippen LogP) is 3.32. The highest BCUT2D eigenvalue weighted by molar-refractivity contribution is 9.10. The number of methoxy groups -OCH3 is 1. The number of esters is 1. The van der Waals surface area contributed by atoms with Crippen LogP contribution < -0.4 is 10.1 Å². The van der Waals surface area contributed by atoms with Crippen molar-refractivity contribution in [3.05, 3.63) is 64.1 Å². The van der Waals surface area contributed by atoms with E-state index >= 15 is 0 Å². The molecule has 0 radical (unpaired) electrons. The summed E-state index contributed by atoms with van der Waals surface area (Å²) >= 11 is 3.41. The van der Waals surface area contributed by atoms with Gasteiger partial charge in [0.1, 0.15) is 12.4 Å². The monoisotopic (exact) mass is 391 g/mol. The van der Waals surface area contributed by atoms with Crippen molar-refractivity contribution in [2.24, 2.45) is 0 Å². The lowest BCUT2D eigenvalue weighted by Gasteiger charge is -2.12. The SMILES string of the molecule is COC(=O)CCNC(=O)c1ccccc1OCc1cccc(Br)c1. The highest BCUT2D eigenvalue weighted by Gasteiger charge is 2.12. The normalized spacial score (nSPS) is 10.1. The Morgan fingerprint density at radius 3 is 2.67 bits per heavy atom. The highest BCUT2D eigenvalue weighted by atomic mass is 79.9. The minimum atomic E-state index is -0.366. The smallest absolute Gasteiger partial charge is 0.307 e. The summed E-state index contributed by atoms with van der Waals surface area (Å²) in [4.78, 5) is 23.3. The number of ether oxygens (including phenoxy) is 2. The molecule has 5 nitrogen and oxygen atoms in total. The quantitative estimate of drug-likeness (QED) is 0.735. The molecule has 1 amide bonds. The summed E-state index contributed by atoms with van der Waals surface area (Å²) in [7, 11) is 1.31. The third kappa shape index (κ3) is 5.38. The lowest BCUT2D eigenvalue weighted by molar-refractivity contribution is -0.140. The third-order valence-electron chi connectivity index (χ3n) is 3.26. The van der Waals surface area contributed by atoms with Crippen LogP contribution in [0.15, 0.2) is 53.0 Å². The van der Waals surface area contributed by atoms with Gasteiger partial charge in [0.25, 0.3) is 5.91 Å². The minimum absolute atomic E-state index is 0.128. The molecule has 0 aliphatic rings. The summed E-state index contributed by atoms with van der Waals surface area (Å²) in [6.45, 7) is 0.567. The summed E-state index contributed by atoms with van der Waals surface area (Å²) in [6.07, 6.45) is 0.128. The fourth-order valence-corrected chi connectivity index (χ4v) is 2.49. The Morgan fingerprint density at radius 2 is 1.92 bits per heavy atom. The summed E-state index contributed by atoms with van der Waals surface area (Å²) in [5.74, 6) is -0.161. The molecule has 0 saturated carbocycles. The molecule has 2 rings (SSSR count). The number of amides is 1. The number of hydrogen-bond acceptors (Lipinski definition) is 4. The number of hydrogen-bond donors (Lipinski definition) is 1. The lowest BCUT2D eigenvalue weighted by atomic mass is 10.2. The summed E-state index contributed by atoms with van der Waals surface area (Å²) in [6, 6.07) is 14.8. The van der Waals surface area contributed by atoms with Crippen LogP contribution in [0.25, 0.3) is 0 Å². The van der Waals surface area contributed by atoms with E-state index in [0.717, 1.165) is 10.0 Å². The van der Waals surface area contributed by atoms with E-state index in [1.54, 1.807) is 18.2 Å². The zero-order valence-corrected chi connectivity index (χ0v) is 14.8. The Bertz CT molecular complexity index is 718. The molecule has 0 aliphatic heterocycles. The molecule has 1 N–H and O–H groups in total. The lowest BCUT2D eigenvalue weighted by Crippen LogP contribution is -2.26. The van der Waals surface area contributed by atoms with E-state index in [1.807, 2.05) is 30.3 Å². The number of nitrogens with one attached hydrogen (secondary N) is 1. The van der Waals surface area contributed by atoms with Gasteiger partial charge in [-0.15, -0.1) is 0 Å². The Morgan fingerprint density at radius 1 is 1.12 bits per heavy atom. The van der Waals surface area contributed by atoms with Crippen molar-refractivity contribution < 1.29 is 19.1 Å². The van der Waals surface area contributed by atoms with Crippen LogP contribution in [0.4, 0.5) is 0 Å². The maximum Gasteiger partial charge on any atom is 0.307 e. The van der Waals surface area contributed by atoms with Gasteiger partial charge in [0, 0.05) is 11.0 Å². The third-order valence-corrected chi connectivity index (χ3v) is 3.75. The average Bonchev–Trinajstić information content (AvgIpc) is 2.60. The van der Waals surface area contributed by atoms with Crippen LogP contribution in [0.1, 0.15) is 22.3 Å². The molecule has 0 aromatic heterocycles. The number of benzene rings is 2. The molecule has 0 fully saturated rings. The van der Waals surface area contributed by atoms with Crippen molar-refractivity contribution in [1.82, 2.24) is 5.32 Å². The van der Waals surface area contributed by atoms with Gasteiger partial charge >= 0.3 is 5.97 Å². The first kappa shape index (κ1) is 18.0. The van der Waals surface area contributed by atoms with Crippen molar-refractivity contribution in [2.75, 3.05) is 13.7 Å². The predicted molar refractivity (Wildman–Crippen MR) is 93.9 cm³/mol. The minimum Gasteiger partial charge on any atom is -0.488 e. The average molecular weight is 392 g/mol. The maximum absolute atomic E-state index is 12.3. The number of halogens is 1.